The number of anilines is 1. The van der Waals surface area contributed by atoms with Crippen LogP contribution in [0.3, 0.4) is 0 Å². The van der Waals surface area contributed by atoms with Gasteiger partial charge < -0.3 is 10.5 Å². The van der Waals surface area contributed by atoms with Gasteiger partial charge in [0.05, 0.1) is 25.4 Å². The number of aromatic nitrogens is 5. The summed E-state index contributed by atoms with van der Waals surface area (Å²) in [5.41, 5.74) is 6.82. The number of esters is 1. The molecular weight excluding hydrogens is 379 g/mol. The molecule has 2 heterocycles. The molecule has 1 aromatic carbocycles. The number of nitrogens with two attached hydrogens (primary N) is 1. The molecule has 0 aliphatic heterocycles. The number of nitrogens with zero attached hydrogens (tertiary/aromatic N) is 5. The lowest BCUT2D eigenvalue weighted by Gasteiger charge is -2.04. The lowest BCUT2D eigenvalue weighted by Crippen LogP contribution is -2.25. The Morgan fingerprint density at radius 1 is 1.21 bits per heavy atom. The molecule has 0 radical (unpaired) electrons. The average Bonchev–Trinajstić information content (AvgIpc) is 3.16. The van der Waals surface area contributed by atoms with Gasteiger partial charge in [-0.05, 0) is 37.0 Å². The van der Waals surface area contributed by atoms with Crippen LogP contribution in [0.5, 0.6) is 0 Å². The number of hydrogen-bond donors (Lipinski definition) is 1. The Balaban J connectivity index is 1.48. The van der Waals surface area contributed by atoms with Crippen molar-refractivity contribution in [3.8, 4) is 0 Å². The second kappa shape index (κ2) is 9.09. The third-order valence-corrected chi connectivity index (χ3v) is 4.37. The fourth-order valence-electron chi connectivity index (χ4n) is 2.82. The number of rotatable bonds is 8. The molecule has 9 nitrogen and oxygen atoms in total. The summed E-state index contributed by atoms with van der Waals surface area (Å²) in [5.74, 6) is -1.52. The van der Waals surface area contributed by atoms with Crippen molar-refractivity contribution in [1.29, 1.82) is 0 Å². The van der Waals surface area contributed by atoms with Crippen molar-refractivity contribution >= 4 is 11.8 Å². The van der Waals surface area contributed by atoms with Gasteiger partial charge in [-0.15, -0.1) is 5.10 Å². The largest absolute Gasteiger partial charge is 0.465 e. The van der Waals surface area contributed by atoms with Gasteiger partial charge in [0.15, 0.2) is 11.6 Å². The monoisotopic (exact) mass is 400 g/mol. The molecule has 0 unspecified atom stereocenters. The number of methoxy groups -OCH3 is 1. The van der Waals surface area contributed by atoms with Gasteiger partial charge in [-0.1, -0.05) is 17.3 Å². The van der Waals surface area contributed by atoms with Crippen molar-refractivity contribution in [2.45, 2.75) is 32.4 Å². The number of aryl methyl sites for hydroxylation is 2. The summed E-state index contributed by atoms with van der Waals surface area (Å²) in [7, 11) is 1.36. The molecule has 0 fully saturated rings. The minimum absolute atomic E-state index is 0.0651. The number of unbranched alkanes of at least 4 members (excludes halogenated alkanes) is 1. The number of carbonyl (C=O) groups is 1. The highest BCUT2D eigenvalue weighted by molar-refractivity contribution is 5.89. The second-order valence-electron chi connectivity index (χ2n) is 6.50. The van der Waals surface area contributed by atoms with Crippen molar-refractivity contribution in [3.05, 3.63) is 69.8 Å². The van der Waals surface area contributed by atoms with Crippen molar-refractivity contribution < 1.29 is 13.9 Å². The van der Waals surface area contributed by atoms with Crippen molar-refractivity contribution in [1.82, 2.24) is 24.5 Å². The maximum absolute atomic E-state index is 13.5. The summed E-state index contributed by atoms with van der Waals surface area (Å²) < 4.78 is 20.9. The van der Waals surface area contributed by atoms with Crippen LogP contribution in [-0.4, -0.2) is 37.6 Å². The van der Waals surface area contributed by atoms with E-state index >= 15 is 0 Å². The number of carbonyl (C=O) groups excluding carboxylic acids is 1. The van der Waals surface area contributed by atoms with E-state index in [1.807, 2.05) is 12.1 Å². The molecule has 29 heavy (non-hydrogen) atoms. The average molecular weight is 400 g/mol. The van der Waals surface area contributed by atoms with E-state index in [9.17, 15) is 14.0 Å². The van der Waals surface area contributed by atoms with Crippen LogP contribution in [0, 0.1) is 5.82 Å². The first-order valence-electron chi connectivity index (χ1n) is 9.05. The van der Waals surface area contributed by atoms with Crippen molar-refractivity contribution in [2.75, 3.05) is 12.8 Å². The minimum atomic E-state index is -0.753. The Morgan fingerprint density at radius 3 is 2.69 bits per heavy atom. The molecule has 10 heteroatoms. The zero-order valence-corrected chi connectivity index (χ0v) is 15.9. The fourth-order valence-corrected chi connectivity index (χ4v) is 2.82. The molecule has 2 aromatic heterocycles. The maximum atomic E-state index is 13.5. The van der Waals surface area contributed by atoms with Gasteiger partial charge in [-0.2, -0.15) is 4.98 Å². The van der Waals surface area contributed by atoms with Gasteiger partial charge in [0.1, 0.15) is 5.69 Å². The topological polar surface area (TPSA) is 118 Å². The Labute approximate surface area is 165 Å². The molecular formula is C19H21FN6O3. The number of hydrogen-bond acceptors (Lipinski definition) is 7. The number of nitrogen functional groups attached to an aromatic ring is 1. The van der Waals surface area contributed by atoms with Gasteiger partial charge in [0.2, 0.25) is 0 Å². The van der Waals surface area contributed by atoms with E-state index in [1.165, 1.54) is 7.11 Å². The molecule has 0 saturated heterocycles. The molecule has 152 valence electrons. The van der Waals surface area contributed by atoms with E-state index in [0.29, 0.717) is 17.8 Å². The summed E-state index contributed by atoms with van der Waals surface area (Å²) in [6.45, 7) is 0.728. The summed E-state index contributed by atoms with van der Waals surface area (Å²) in [5, 5.41) is 8.03. The van der Waals surface area contributed by atoms with Crippen molar-refractivity contribution in [3.63, 3.8) is 0 Å². The molecule has 0 aliphatic rings. The number of halogens is 1. The molecule has 0 spiro atoms. The Morgan fingerprint density at radius 2 is 1.97 bits per heavy atom. The van der Waals surface area contributed by atoms with E-state index in [2.05, 4.69) is 20.0 Å². The number of ether oxygens (including phenoxy) is 1. The summed E-state index contributed by atoms with van der Waals surface area (Å²) in [6.07, 6.45) is 5.40. The lowest BCUT2D eigenvalue weighted by molar-refractivity contribution is 0.0600. The zero-order valence-electron chi connectivity index (χ0n) is 15.9. The van der Waals surface area contributed by atoms with Crippen LogP contribution in [0.25, 0.3) is 0 Å². The molecule has 3 rings (SSSR count). The molecule has 0 bridgehead atoms. The van der Waals surface area contributed by atoms with Gasteiger partial charge in [-0.3, -0.25) is 9.25 Å². The van der Waals surface area contributed by atoms with Crippen LogP contribution in [0.1, 0.15) is 34.5 Å². The molecule has 3 aromatic rings. The predicted octanol–water partition coefficient (Wildman–Crippen LogP) is 1.41. The Bertz CT molecular complexity index is 1040. The predicted molar refractivity (Wildman–Crippen MR) is 103 cm³/mol. The Hall–Kier alpha value is -3.56. The molecule has 0 saturated carbocycles. The third kappa shape index (κ3) is 5.24. The molecule has 2 N–H and O–H groups in total. The van der Waals surface area contributed by atoms with Gasteiger partial charge in [-0.25, -0.2) is 14.0 Å². The SMILES string of the molecule is COC(=O)c1ccc(CCCCn2cc(Cn3cc(F)c(N)nc3=O)nn2)cc1. The zero-order chi connectivity index (χ0) is 20.8. The highest BCUT2D eigenvalue weighted by Gasteiger charge is 2.08. The van der Waals surface area contributed by atoms with Crippen LogP contribution < -0.4 is 11.4 Å². The first kappa shape index (κ1) is 20.2. The Kier molecular flexibility index (Phi) is 6.32. The fraction of sp³-hybridized carbons (Fsp3) is 0.316. The molecule has 0 atom stereocenters. The quantitative estimate of drug-likeness (QED) is 0.449. The highest BCUT2D eigenvalue weighted by atomic mass is 19.1. The van der Waals surface area contributed by atoms with Crippen LogP contribution in [0.2, 0.25) is 0 Å². The second-order valence-corrected chi connectivity index (χ2v) is 6.50. The summed E-state index contributed by atoms with van der Waals surface area (Å²) >= 11 is 0. The third-order valence-electron chi connectivity index (χ3n) is 4.37. The van der Waals surface area contributed by atoms with E-state index < -0.39 is 17.3 Å². The van der Waals surface area contributed by atoms with E-state index in [4.69, 9.17) is 5.73 Å². The van der Waals surface area contributed by atoms with Crippen LogP contribution >= 0.6 is 0 Å². The first-order chi connectivity index (χ1) is 14.0. The van der Waals surface area contributed by atoms with Gasteiger partial charge in [0, 0.05) is 12.7 Å². The van der Waals surface area contributed by atoms with Gasteiger partial charge in [0.25, 0.3) is 0 Å². The highest BCUT2D eigenvalue weighted by Crippen LogP contribution is 2.10. The molecule has 0 aliphatic carbocycles. The maximum Gasteiger partial charge on any atom is 0.350 e. The van der Waals surface area contributed by atoms with Gasteiger partial charge >= 0.3 is 11.7 Å². The normalized spacial score (nSPS) is 10.8. The van der Waals surface area contributed by atoms with Crippen LogP contribution in [0.4, 0.5) is 10.2 Å². The summed E-state index contributed by atoms with van der Waals surface area (Å²) in [4.78, 5) is 26.6. The first-order valence-corrected chi connectivity index (χ1v) is 9.05. The minimum Gasteiger partial charge on any atom is -0.465 e. The van der Waals surface area contributed by atoms with E-state index in [-0.39, 0.29) is 12.5 Å². The lowest BCUT2D eigenvalue weighted by atomic mass is 10.1. The van der Waals surface area contributed by atoms with E-state index in [0.717, 1.165) is 35.6 Å². The van der Waals surface area contributed by atoms with E-state index in [1.54, 1.807) is 23.0 Å². The van der Waals surface area contributed by atoms with Crippen molar-refractivity contribution in [2.24, 2.45) is 0 Å². The number of benzene rings is 1. The molecule has 0 amide bonds. The van der Waals surface area contributed by atoms with Crippen LogP contribution in [-0.2, 0) is 24.2 Å². The van der Waals surface area contributed by atoms with Crippen LogP contribution in [0.15, 0.2) is 41.5 Å². The smallest absolute Gasteiger partial charge is 0.350 e. The standard InChI is InChI=1S/C19H21FN6O3/c1-29-18(27)14-7-5-13(6-8-14)4-2-3-9-26-11-15(23-24-26)10-25-12-16(20)17(21)22-19(25)28/h5-8,11-12H,2-4,9-10H2,1H3,(H2,21,22,28). The summed E-state index contributed by atoms with van der Waals surface area (Å²) in [6, 6.07) is 7.33.